The Balaban J connectivity index is 1.89. The predicted octanol–water partition coefficient (Wildman–Crippen LogP) is 2.73. The van der Waals surface area contributed by atoms with Crippen LogP contribution in [0.1, 0.15) is 25.7 Å². The molecule has 0 aromatic heterocycles. The van der Waals surface area contributed by atoms with Gasteiger partial charge in [0, 0.05) is 12.8 Å². The third kappa shape index (κ3) is 2.87. The van der Waals surface area contributed by atoms with Gasteiger partial charge in [-0.25, -0.2) is 0 Å². The van der Waals surface area contributed by atoms with E-state index in [0.717, 1.165) is 17.9 Å². The van der Waals surface area contributed by atoms with Gasteiger partial charge in [-0.1, -0.05) is 0 Å². The number of hydrogen-bond donors (Lipinski definition) is 0. The van der Waals surface area contributed by atoms with Gasteiger partial charge in [-0.3, -0.25) is 4.79 Å². The molecule has 1 aliphatic rings. The molecule has 0 N–H and O–H groups in total. The molecule has 1 atom stereocenters. The molecule has 1 aromatic carbocycles. The van der Waals surface area contributed by atoms with Crippen LogP contribution < -0.4 is 9.47 Å². The smallest absolute Gasteiger partial charge is 0.153 e. The van der Waals surface area contributed by atoms with E-state index in [4.69, 9.17) is 9.47 Å². The summed E-state index contributed by atoms with van der Waals surface area (Å²) in [6.07, 6.45) is 2.47. The second-order valence-electron chi connectivity index (χ2n) is 4.74. The minimum Gasteiger partial charge on any atom is -0.497 e. The van der Waals surface area contributed by atoms with Crippen LogP contribution in [0.3, 0.4) is 0 Å². The molecule has 4 nitrogen and oxygen atoms in total. The van der Waals surface area contributed by atoms with Gasteiger partial charge in [-0.15, -0.1) is 0 Å². The molecule has 100 valence electrons. The van der Waals surface area contributed by atoms with Crippen LogP contribution in [-0.4, -0.2) is 19.5 Å². The normalized spacial score (nSPS) is 22.0. The van der Waals surface area contributed by atoms with Crippen LogP contribution in [0, 0.1) is 16.7 Å². The first kappa shape index (κ1) is 13.4. The summed E-state index contributed by atoms with van der Waals surface area (Å²) in [5.41, 5.74) is -0.813. The van der Waals surface area contributed by atoms with Crippen LogP contribution in [-0.2, 0) is 4.79 Å². The predicted molar refractivity (Wildman–Crippen MR) is 70.0 cm³/mol. The third-order valence-electron chi connectivity index (χ3n) is 3.61. The first-order chi connectivity index (χ1) is 9.20. The number of nitrogens with zero attached hydrogens (tertiary/aromatic N) is 1. The molecule has 0 bridgehead atoms. The lowest BCUT2D eigenvalue weighted by molar-refractivity contribution is -0.123. The monoisotopic (exact) mass is 259 g/mol. The molecule has 4 heteroatoms. The molecule has 19 heavy (non-hydrogen) atoms. The molecule has 0 aliphatic heterocycles. The molecule has 0 amide bonds. The average Bonchev–Trinajstić information content (AvgIpc) is 2.81. The first-order valence-corrected chi connectivity index (χ1v) is 6.41. The molecular weight excluding hydrogens is 242 g/mol. The van der Waals surface area contributed by atoms with Crippen molar-refractivity contribution in [2.45, 2.75) is 25.7 Å². The summed E-state index contributed by atoms with van der Waals surface area (Å²) in [5, 5.41) is 9.21. The number of rotatable bonds is 5. The Kier molecular flexibility index (Phi) is 4.06. The van der Waals surface area contributed by atoms with Gasteiger partial charge in [-0.2, -0.15) is 5.26 Å². The van der Waals surface area contributed by atoms with E-state index < -0.39 is 5.41 Å². The average molecular weight is 259 g/mol. The number of Topliss-reactive ketones (excluding diaryl/α,β-unsaturated/α-hetero) is 1. The van der Waals surface area contributed by atoms with Crippen molar-refractivity contribution in [3.63, 3.8) is 0 Å². The number of methoxy groups -OCH3 is 1. The lowest BCUT2D eigenvalue weighted by Crippen LogP contribution is -2.26. The fourth-order valence-electron chi connectivity index (χ4n) is 2.38. The highest BCUT2D eigenvalue weighted by atomic mass is 16.5. The molecule has 1 aliphatic carbocycles. The summed E-state index contributed by atoms with van der Waals surface area (Å²) in [7, 11) is 1.61. The topological polar surface area (TPSA) is 59.3 Å². The van der Waals surface area contributed by atoms with Crippen molar-refractivity contribution < 1.29 is 14.3 Å². The van der Waals surface area contributed by atoms with Gasteiger partial charge in [0.15, 0.2) is 5.78 Å². The summed E-state index contributed by atoms with van der Waals surface area (Å²) in [6.45, 7) is 0.381. The highest BCUT2D eigenvalue weighted by Gasteiger charge is 2.41. The second kappa shape index (κ2) is 5.75. The van der Waals surface area contributed by atoms with E-state index >= 15 is 0 Å². The number of carbonyl (C=O) groups excluding carboxylic acids is 1. The quantitative estimate of drug-likeness (QED) is 0.815. The molecule has 0 saturated heterocycles. The Labute approximate surface area is 112 Å². The largest absolute Gasteiger partial charge is 0.497 e. The van der Waals surface area contributed by atoms with Crippen molar-refractivity contribution in [3.8, 4) is 17.6 Å². The Bertz CT molecular complexity index is 489. The highest BCUT2D eigenvalue weighted by Crippen LogP contribution is 2.37. The Morgan fingerprint density at radius 3 is 2.53 bits per heavy atom. The number of hydrogen-bond acceptors (Lipinski definition) is 4. The summed E-state index contributed by atoms with van der Waals surface area (Å²) in [6, 6.07) is 9.44. The van der Waals surface area contributed by atoms with E-state index in [1.165, 1.54) is 0 Å². The van der Waals surface area contributed by atoms with Crippen molar-refractivity contribution in [2.24, 2.45) is 5.41 Å². The molecule has 1 unspecified atom stereocenters. The van der Waals surface area contributed by atoms with Crippen molar-refractivity contribution in [3.05, 3.63) is 24.3 Å². The van der Waals surface area contributed by atoms with Crippen molar-refractivity contribution in [1.29, 1.82) is 5.26 Å². The molecule has 1 saturated carbocycles. The van der Waals surface area contributed by atoms with Crippen LogP contribution >= 0.6 is 0 Å². The molecule has 0 radical (unpaired) electrons. The maximum atomic E-state index is 11.8. The van der Waals surface area contributed by atoms with Gasteiger partial charge in [0.05, 0.1) is 19.8 Å². The van der Waals surface area contributed by atoms with Crippen molar-refractivity contribution in [2.75, 3.05) is 13.7 Å². The van der Waals surface area contributed by atoms with Crippen LogP contribution in [0.5, 0.6) is 11.5 Å². The molecule has 1 fully saturated rings. The number of benzene rings is 1. The molecular formula is C15H17NO3. The maximum absolute atomic E-state index is 11.8. The zero-order valence-corrected chi connectivity index (χ0v) is 11.0. The minimum atomic E-state index is -0.813. The lowest BCUT2D eigenvalue weighted by Gasteiger charge is -2.18. The Morgan fingerprint density at radius 1 is 1.32 bits per heavy atom. The summed E-state index contributed by atoms with van der Waals surface area (Å²) >= 11 is 0. The van der Waals surface area contributed by atoms with Crippen LogP contribution in [0.4, 0.5) is 0 Å². The van der Waals surface area contributed by atoms with Gasteiger partial charge >= 0.3 is 0 Å². The highest BCUT2D eigenvalue weighted by molar-refractivity contribution is 5.89. The maximum Gasteiger partial charge on any atom is 0.153 e. The zero-order chi connectivity index (χ0) is 13.7. The minimum absolute atomic E-state index is 0.0633. The molecule has 0 spiro atoms. The van der Waals surface area contributed by atoms with E-state index in [1.807, 2.05) is 24.3 Å². The van der Waals surface area contributed by atoms with E-state index in [9.17, 15) is 10.1 Å². The summed E-state index contributed by atoms with van der Waals surface area (Å²) in [4.78, 5) is 11.8. The fourth-order valence-corrected chi connectivity index (χ4v) is 2.38. The van der Waals surface area contributed by atoms with E-state index in [0.29, 0.717) is 25.9 Å². The number of carbonyl (C=O) groups is 1. The molecule has 0 heterocycles. The van der Waals surface area contributed by atoms with Gasteiger partial charge in [0.1, 0.15) is 16.9 Å². The van der Waals surface area contributed by atoms with Gasteiger partial charge in [-0.05, 0) is 37.1 Å². The standard InChI is InChI=1S/C15H17NO3/c1-18-12-4-6-13(7-5-12)19-10-9-15(11-16)8-2-3-14(15)17/h4-7H,2-3,8-10H2,1H3. The number of ketones is 1. The SMILES string of the molecule is COc1ccc(OCCC2(C#N)CCCC2=O)cc1. The zero-order valence-electron chi connectivity index (χ0n) is 11.0. The lowest BCUT2D eigenvalue weighted by atomic mass is 9.84. The van der Waals surface area contributed by atoms with Crippen LogP contribution in [0.2, 0.25) is 0 Å². The number of nitriles is 1. The van der Waals surface area contributed by atoms with Crippen molar-refractivity contribution in [1.82, 2.24) is 0 Å². The Morgan fingerprint density at radius 2 is 2.00 bits per heavy atom. The second-order valence-corrected chi connectivity index (χ2v) is 4.74. The first-order valence-electron chi connectivity index (χ1n) is 6.41. The van der Waals surface area contributed by atoms with E-state index in [-0.39, 0.29) is 5.78 Å². The fraction of sp³-hybridized carbons (Fsp3) is 0.467. The van der Waals surface area contributed by atoms with E-state index in [2.05, 4.69) is 6.07 Å². The molecule has 1 aromatic rings. The third-order valence-corrected chi connectivity index (χ3v) is 3.61. The van der Waals surface area contributed by atoms with Crippen LogP contribution in [0.15, 0.2) is 24.3 Å². The summed E-state index contributed by atoms with van der Waals surface area (Å²) < 4.78 is 10.6. The van der Waals surface area contributed by atoms with E-state index in [1.54, 1.807) is 7.11 Å². The summed E-state index contributed by atoms with van der Waals surface area (Å²) in [5.74, 6) is 1.56. The van der Waals surface area contributed by atoms with Gasteiger partial charge < -0.3 is 9.47 Å². The van der Waals surface area contributed by atoms with Gasteiger partial charge in [0.25, 0.3) is 0 Å². The van der Waals surface area contributed by atoms with Crippen LogP contribution in [0.25, 0.3) is 0 Å². The number of ether oxygens (including phenoxy) is 2. The van der Waals surface area contributed by atoms with Crippen molar-refractivity contribution >= 4 is 5.78 Å². The molecule has 2 rings (SSSR count). The Hall–Kier alpha value is -2.02. The van der Waals surface area contributed by atoms with Gasteiger partial charge in [0.2, 0.25) is 0 Å².